The van der Waals surface area contributed by atoms with Gasteiger partial charge in [0.05, 0.1) is 9.26 Å². The molecule has 3 rings (SSSR count). The molecule has 2 fully saturated rings. The van der Waals surface area contributed by atoms with Crippen LogP contribution in [-0.2, 0) is 0 Å². The number of hydrogen-bond acceptors (Lipinski definition) is 3. The third-order valence-corrected chi connectivity index (χ3v) is 5.91. The standard InChI is InChI=1S/C16H24IN3/c1-18-16-13(17)14(11-7-5-6-8-11)19-15(20-16)12-9-3-2-4-10-12/h11-12H,2-10H2,1H3,(H,18,19,20). The lowest BCUT2D eigenvalue weighted by molar-refractivity contribution is 0.426. The van der Waals surface area contributed by atoms with Crippen molar-refractivity contribution in [2.24, 2.45) is 0 Å². The van der Waals surface area contributed by atoms with Crippen LogP contribution in [-0.4, -0.2) is 17.0 Å². The minimum Gasteiger partial charge on any atom is -0.372 e. The molecule has 0 aromatic carbocycles. The highest BCUT2D eigenvalue weighted by Gasteiger charge is 2.26. The fourth-order valence-corrected chi connectivity index (χ4v) is 4.61. The number of nitrogens with zero attached hydrogens (tertiary/aromatic N) is 2. The smallest absolute Gasteiger partial charge is 0.143 e. The number of anilines is 1. The molecule has 3 nitrogen and oxygen atoms in total. The van der Waals surface area contributed by atoms with Crippen molar-refractivity contribution in [3.63, 3.8) is 0 Å². The van der Waals surface area contributed by atoms with Crippen molar-refractivity contribution >= 4 is 28.4 Å². The molecule has 1 N–H and O–H groups in total. The monoisotopic (exact) mass is 385 g/mol. The molecule has 110 valence electrons. The van der Waals surface area contributed by atoms with Crippen LogP contribution in [0.5, 0.6) is 0 Å². The molecule has 4 heteroatoms. The van der Waals surface area contributed by atoms with Gasteiger partial charge in [0.15, 0.2) is 0 Å². The third kappa shape index (κ3) is 2.95. The summed E-state index contributed by atoms with van der Waals surface area (Å²) in [5.41, 5.74) is 1.32. The Balaban J connectivity index is 1.95. The maximum atomic E-state index is 5.03. The van der Waals surface area contributed by atoms with Crippen LogP contribution in [0.3, 0.4) is 0 Å². The van der Waals surface area contributed by atoms with Gasteiger partial charge in [-0.05, 0) is 48.3 Å². The average molecular weight is 385 g/mol. The third-order valence-electron chi connectivity index (χ3n) is 4.84. The summed E-state index contributed by atoms with van der Waals surface area (Å²) in [7, 11) is 1.98. The molecule has 0 radical (unpaired) electrons. The summed E-state index contributed by atoms with van der Waals surface area (Å²) in [4.78, 5) is 9.84. The Hall–Kier alpha value is -0.390. The van der Waals surface area contributed by atoms with Gasteiger partial charge in [-0.1, -0.05) is 32.1 Å². The minimum atomic E-state index is 0.591. The predicted molar refractivity (Wildman–Crippen MR) is 91.3 cm³/mol. The highest BCUT2D eigenvalue weighted by Crippen LogP contribution is 2.39. The van der Waals surface area contributed by atoms with Gasteiger partial charge in [-0.15, -0.1) is 0 Å². The molecule has 0 amide bonds. The predicted octanol–water partition coefficient (Wildman–Crippen LogP) is 4.83. The van der Waals surface area contributed by atoms with Gasteiger partial charge in [0.2, 0.25) is 0 Å². The van der Waals surface area contributed by atoms with E-state index in [9.17, 15) is 0 Å². The normalized spacial score (nSPS) is 21.3. The molecule has 2 aliphatic carbocycles. The van der Waals surface area contributed by atoms with Gasteiger partial charge in [0, 0.05) is 18.9 Å². The van der Waals surface area contributed by atoms with E-state index >= 15 is 0 Å². The van der Waals surface area contributed by atoms with Crippen LogP contribution in [0.4, 0.5) is 5.82 Å². The molecule has 0 atom stereocenters. The number of hydrogen-bond donors (Lipinski definition) is 1. The van der Waals surface area contributed by atoms with Crippen LogP contribution in [0.2, 0.25) is 0 Å². The Labute approximate surface area is 135 Å². The van der Waals surface area contributed by atoms with E-state index < -0.39 is 0 Å². The van der Waals surface area contributed by atoms with E-state index in [1.165, 1.54) is 67.1 Å². The zero-order valence-electron chi connectivity index (χ0n) is 12.3. The van der Waals surface area contributed by atoms with Crippen LogP contribution in [0.15, 0.2) is 0 Å². The van der Waals surface area contributed by atoms with Crippen molar-refractivity contribution in [2.75, 3.05) is 12.4 Å². The first-order chi connectivity index (χ1) is 9.79. The second kappa shape index (κ2) is 6.58. The zero-order valence-corrected chi connectivity index (χ0v) is 14.4. The van der Waals surface area contributed by atoms with Crippen molar-refractivity contribution < 1.29 is 0 Å². The average Bonchev–Trinajstić information content (AvgIpc) is 3.02. The second-order valence-corrected chi connectivity index (χ2v) is 7.27. The first-order valence-electron chi connectivity index (χ1n) is 8.04. The molecular weight excluding hydrogens is 361 g/mol. The molecule has 0 unspecified atom stereocenters. The highest BCUT2D eigenvalue weighted by molar-refractivity contribution is 14.1. The lowest BCUT2D eigenvalue weighted by Gasteiger charge is -2.23. The van der Waals surface area contributed by atoms with Gasteiger partial charge >= 0.3 is 0 Å². The van der Waals surface area contributed by atoms with Gasteiger partial charge in [-0.2, -0.15) is 0 Å². The fraction of sp³-hybridized carbons (Fsp3) is 0.750. The van der Waals surface area contributed by atoms with E-state index in [0.29, 0.717) is 11.8 Å². The van der Waals surface area contributed by atoms with Crippen LogP contribution < -0.4 is 5.32 Å². The quantitative estimate of drug-likeness (QED) is 0.758. The van der Waals surface area contributed by atoms with E-state index in [1.54, 1.807) is 0 Å². The largest absolute Gasteiger partial charge is 0.372 e. The van der Waals surface area contributed by atoms with E-state index in [1.807, 2.05) is 7.05 Å². The van der Waals surface area contributed by atoms with Crippen LogP contribution in [0.1, 0.15) is 81.1 Å². The van der Waals surface area contributed by atoms with Gasteiger partial charge in [-0.3, -0.25) is 0 Å². The summed E-state index contributed by atoms with van der Waals surface area (Å²) >= 11 is 2.43. The molecule has 1 aromatic rings. The molecule has 1 heterocycles. The van der Waals surface area contributed by atoms with E-state index in [2.05, 4.69) is 27.9 Å². The first kappa shape index (κ1) is 14.5. The summed E-state index contributed by atoms with van der Waals surface area (Å²) in [6.45, 7) is 0. The molecule has 1 aromatic heterocycles. The molecule has 0 bridgehead atoms. The number of rotatable bonds is 3. The summed E-state index contributed by atoms with van der Waals surface area (Å²) in [5.74, 6) is 3.41. The maximum absolute atomic E-state index is 5.03. The highest BCUT2D eigenvalue weighted by atomic mass is 127. The van der Waals surface area contributed by atoms with Gasteiger partial charge in [-0.25, -0.2) is 9.97 Å². The molecule has 0 spiro atoms. The Morgan fingerprint density at radius 3 is 2.15 bits per heavy atom. The Morgan fingerprint density at radius 1 is 0.900 bits per heavy atom. The van der Waals surface area contributed by atoms with E-state index in [0.717, 1.165) is 11.6 Å². The molecule has 20 heavy (non-hydrogen) atoms. The first-order valence-corrected chi connectivity index (χ1v) is 9.12. The summed E-state index contributed by atoms with van der Waals surface area (Å²) in [6.07, 6.45) is 11.9. The van der Waals surface area contributed by atoms with Crippen LogP contribution >= 0.6 is 22.6 Å². The lowest BCUT2D eigenvalue weighted by atomic mass is 9.88. The van der Waals surface area contributed by atoms with Gasteiger partial charge < -0.3 is 5.32 Å². The summed E-state index contributed by atoms with van der Waals surface area (Å²) in [6, 6.07) is 0. The Morgan fingerprint density at radius 2 is 1.50 bits per heavy atom. The van der Waals surface area contributed by atoms with Gasteiger partial charge in [0.1, 0.15) is 11.6 Å². The van der Waals surface area contributed by atoms with Crippen molar-refractivity contribution in [3.8, 4) is 0 Å². The molecule has 0 aliphatic heterocycles. The Kier molecular flexibility index (Phi) is 4.79. The maximum Gasteiger partial charge on any atom is 0.143 e. The fourth-order valence-electron chi connectivity index (χ4n) is 3.66. The molecular formula is C16H24IN3. The van der Waals surface area contributed by atoms with Crippen LogP contribution in [0, 0.1) is 3.57 Å². The zero-order chi connectivity index (χ0) is 13.9. The summed E-state index contributed by atoms with van der Waals surface area (Å²) < 4.78 is 1.25. The van der Waals surface area contributed by atoms with Crippen molar-refractivity contribution in [2.45, 2.75) is 69.6 Å². The lowest BCUT2D eigenvalue weighted by Crippen LogP contribution is -2.14. The topological polar surface area (TPSA) is 37.8 Å². The molecule has 0 saturated heterocycles. The number of nitrogens with one attached hydrogen (secondary N) is 1. The summed E-state index contributed by atoms with van der Waals surface area (Å²) in [5, 5.41) is 3.28. The Bertz CT molecular complexity index is 463. The number of halogens is 1. The van der Waals surface area contributed by atoms with Crippen molar-refractivity contribution in [3.05, 3.63) is 15.1 Å². The second-order valence-electron chi connectivity index (χ2n) is 6.20. The van der Waals surface area contributed by atoms with Crippen LogP contribution in [0.25, 0.3) is 0 Å². The molecule has 2 aliphatic rings. The molecule has 2 saturated carbocycles. The van der Waals surface area contributed by atoms with Gasteiger partial charge in [0.25, 0.3) is 0 Å². The SMILES string of the molecule is CNc1nc(C2CCCCC2)nc(C2CCCC2)c1I. The van der Waals surface area contributed by atoms with Crippen molar-refractivity contribution in [1.29, 1.82) is 0 Å². The van der Waals surface area contributed by atoms with E-state index in [4.69, 9.17) is 9.97 Å². The number of aromatic nitrogens is 2. The van der Waals surface area contributed by atoms with Crippen molar-refractivity contribution in [1.82, 2.24) is 9.97 Å². The minimum absolute atomic E-state index is 0.591. The van der Waals surface area contributed by atoms with E-state index in [-0.39, 0.29) is 0 Å².